The summed E-state index contributed by atoms with van der Waals surface area (Å²) in [7, 11) is 0. The van der Waals surface area contributed by atoms with E-state index in [0.717, 1.165) is 49.5 Å². The Morgan fingerprint density at radius 3 is 2.67 bits per heavy atom. The number of fused-ring (bicyclic) bond motifs is 2. The van der Waals surface area contributed by atoms with Crippen LogP contribution >= 0.6 is 0 Å². The van der Waals surface area contributed by atoms with Crippen molar-refractivity contribution in [1.82, 2.24) is 20.3 Å². The Balaban J connectivity index is 1.70. The Morgan fingerprint density at radius 1 is 1.04 bits per heavy atom. The summed E-state index contributed by atoms with van der Waals surface area (Å²) < 4.78 is 0. The molecule has 7 heteroatoms. The molecule has 2 amide bonds. The molecule has 3 heterocycles. The number of benzene rings is 1. The van der Waals surface area contributed by atoms with Crippen LogP contribution in [0.25, 0.3) is 10.8 Å². The van der Waals surface area contributed by atoms with Crippen LogP contribution in [0.4, 0.5) is 0 Å². The molecule has 0 spiro atoms. The summed E-state index contributed by atoms with van der Waals surface area (Å²) in [6.07, 6.45) is 6.12. The molecule has 7 nitrogen and oxygen atoms in total. The van der Waals surface area contributed by atoms with Crippen molar-refractivity contribution in [3.8, 4) is 0 Å². The van der Waals surface area contributed by atoms with Gasteiger partial charge in [0.1, 0.15) is 5.69 Å². The van der Waals surface area contributed by atoms with Crippen LogP contribution in [0.1, 0.15) is 42.6 Å². The minimum Gasteiger partial charge on any atom is -0.366 e. The Hall–Kier alpha value is -2.51. The highest BCUT2D eigenvalue weighted by atomic mass is 16.2. The van der Waals surface area contributed by atoms with Gasteiger partial charge in [-0.3, -0.25) is 14.6 Å². The first-order valence-electron chi connectivity index (χ1n) is 9.60. The molecule has 0 saturated carbocycles. The van der Waals surface area contributed by atoms with Gasteiger partial charge in [0.15, 0.2) is 5.66 Å². The van der Waals surface area contributed by atoms with Crippen molar-refractivity contribution in [1.29, 1.82) is 0 Å². The first-order chi connectivity index (χ1) is 13.1. The Morgan fingerprint density at radius 2 is 1.81 bits per heavy atom. The molecule has 1 atom stereocenters. The number of primary amides is 1. The van der Waals surface area contributed by atoms with Crippen molar-refractivity contribution in [3.63, 3.8) is 0 Å². The lowest BCUT2D eigenvalue weighted by Gasteiger charge is -2.50. The van der Waals surface area contributed by atoms with E-state index in [9.17, 15) is 9.59 Å². The zero-order valence-corrected chi connectivity index (χ0v) is 15.4. The van der Waals surface area contributed by atoms with Crippen molar-refractivity contribution in [3.05, 3.63) is 42.2 Å². The number of rotatable bonds is 3. The summed E-state index contributed by atoms with van der Waals surface area (Å²) in [5.74, 6) is -0.876. The van der Waals surface area contributed by atoms with Crippen LogP contribution in [0.5, 0.6) is 0 Å². The number of hydrogen-bond donors (Lipinski definition) is 2. The molecule has 0 radical (unpaired) electrons. The van der Waals surface area contributed by atoms with E-state index in [4.69, 9.17) is 5.73 Å². The van der Waals surface area contributed by atoms with E-state index in [-0.39, 0.29) is 5.91 Å². The SMILES string of the molecule is NC(=O)C1(NC(=O)c2nccc3ccccc23)CCCN2CCCCCN21. The van der Waals surface area contributed by atoms with Gasteiger partial charge in [-0.15, -0.1) is 0 Å². The summed E-state index contributed by atoms with van der Waals surface area (Å²) in [4.78, 5) is 30.1. The number of amides is 2. The maximum absolute atomic E-state index is 13.2. The number of aromatic nitrogens is 1. The summed E-state index contributed by atoms with van der Waals surface area (Å²) in [5.41, 5.74) is 4.98. The lowest BCUT2D eigenvalue weighted by atomic mass is 9.97. The van der Waals surface area contributed by atoms with Gasteiger partial charge in [0.2, 0.25) is 0 Å². The Bertz CT molecular complexity index is 865. The molecule has 2 saturated heterocycles. The van der Waals surface area contributed by atoms with E-state index < -0.39 is 11.6 Å². The number of carbonyl (C=O) groups excluding carboxylic acids is 2. The predicted octanol–water partition coefficient (Wildman–Crippen LogP) is 1.64. The van der Waals surface area contributed by atoms with Gasteiger partial charge in [-0.25, -0.2) is 10.0 Å². The predicted molar refractivity (Wildman–Crippen MR) is 102 cm³/mol. The highest BCUT2D eigenvalue weighted by Gasteiger charge is 2.49. The van der Waals surface area contributed by atoms with Gasteiger partial charge >= 0.3 is 0 Å². The fraction of sp³-hybridized carbons (Fsp3) is 0.450. The lowest BCUT2D eigenvalue weighted by molar-refractivity contribution is -0.168. The van der Waals surface area contributed by atoms with Gasteiger partial charge in [0.25, 0.3) is 11.8 Å². The van der Waals surface area contributed by atoms with E-state index in [2.05, 4.69) is 15.3 Å². The average Bonchev–Trinajstić information content (AvgIpc) is 2.93. The maximum atomic E-state index is 13.2. The Kier molecular flexibility index (Phi) is 4.80. The van der Waals surface area contributed by atoms with Crippen molar-refractivity contribution >= 4 is 22.6 Å². The van der Waals surface area contributed by atoms with Gasteiger partial charge in [0, 0.05) is 31.2 Å². The summed E-state index contributed by atoms with van der Waals surface area (Å²) in [6, 6.07) is 9.47. The third kappa shape index (κ3) is 3.17. The maximum Gasteiger partial charge on any atom is 0.272 e. The van der Waals surface area contributed by atoms with Crippen molar-refractivity contribution in [2.45, 2.75) is 37.8 Å². The van der Waals surface area contributed by atoms with Crippen LogP contribution in [0, 0.1) is 0 Å². The molecule has 27 heavy (non-hydrogen) atoms. The van der Waals surface area contributed by atoms with Crippen LogP contribution < -0.4 is 11.1 Å². The molecule has 1 aromatic heterocycles. The number of nitrogens with two attached hydrogens (primary N) is 1. The highest BCUT2D eigenvalue weighted by Crippen LogP contribution is 2.30. The van der Waals surface area contributed by atoms with E-state index in [1.54, 1.807) is 6.20 Å². The largest absolute Gasteiger partial charge is 0.366 e. The van der Waals surface area contributed by atoms with Crippen molar-refractivity contribution in [2.75, 3.05) is 19.6 Å². The van der Waals surface area contributed by atoms with E-state index in [1.807, 2.05) is 35.3 Å². The normalized spacial score (nSPS) is 24.1. The molecule has 2 aromatic rings. The molecule has 1 aromatic carbocycles. The number of pyridine rings is 1. The molecule has 1 unspecified atom stereocenters. The monoisotopic (exact) mass is 367 g/mol. The van der Waals surface area contributed by atoms with Gasteiger partial charge in [-0.2, -0.15) is 0 Å². The fourth-order valence-corrected chi connectivity index (χ4v) is 4.29. The highest BCUT2D eigenvalue weighted by molar-refractivity contribution is 6.06. The molecule has 0 aliphatic carbocycles. The minimum atomic E-state index is -1.20. The Labute approximate surface area is 158 Å². The second-order valence-corrected chi connectivity index (χ2v) is 7.30. The number of hydrogen-bond acceptors (Lipinski definition) is 5. The molecule has 2 aliphatic heterocycles. The van der Waals surface area contributed by atoms with Crippen LogP contribution in [0.15, 0.2) is 36.5 Å². The molecule has 2 fully saturated rings. The number of nitrogens with zero attached hydrogens (tertiary/aromatic N) is 3. The van der Waals surface area contributed by atoms with E-state index >= 15 is 0 Å². The van der Waals surface area contributed by atoms with Gasteiger partial charge in [-0.05, 0) is 37.1 Å². The fourth-order valence-electron chi connectivity index (χ4n) is 4.29. The van der Waals surface area contributed by atoms with Crippen LogP contribution in [-0.4, -0.2) is 52.1 Å². The topological polar surface area (TPSA) is 91.6 Å². The first-order valence-corrected chi connectivity index (χ1v) is 9.60. The average molecular weight is 367 g/mol. The van der Waals surface area contributed by atoms with Crippen LogP contribution in [0.2, 0.25) is 0 Å². The quantitative estimate of drug-likeness (QED) is 0.861. The molecule has 2 aliphatic rings. The van der Waals surface area contributed by atoms with Crippen LogP contribution in [-0.2, 0) is 4.79 Å². The third-order valence-electron chi connectivity index (χ3n) is 5.64. The van der Waals surface area contributed by atoms with E-state index in [0.29, 0.717) is 18.7 Å². The van der Waals surface area contributed by atoms with Gasteiger partial charge < -0.3 is 11.1 Å². The zero-order chi connectivity index (χ0) is 18.9. The van der Waals surface area contributed by atoms with Gasteiger partial charge in [-0.1, -0.05) is 30.7 Å². The lowest BCUT2D eigenvalue weighted by Crippen LogP contribution is -2.73. The van der Waals surface area contributed by atoms with Gasteiger partial charge in [0.05, 0.1) is 0 Å². The molecular formula is C20H25N5O2. The van der Waals surface area contributed by atoms with Crippen molar-refractivity contribution in [2.24, 2.45) is 5.73 Å². The summed E-state index contributed by atoms with van der Waals surface area (Å²) >= 11 is 0. The first kappa shape index (κ1) is 17.9. The third-order valence-corrected chi connectivity index (χ3v) is 5.64. The molecule has 4 rings (SSSR count). The number of carbonyl (C=O) groups is 2. The second-order valence-electron chi connectivity index (χ2n) is 7.30. The van der Waals surface area contributed by atoms with Crippen molar-refractivity contribution < 1.29 is 9.59 Å². The van der Waals surface area contributed by atoms with E-state index in [1.165, 1.54) is 0 Å². The summed E-state index contributed by atoms with van der Waals surface area (Å²) in [6.45, 7) is 2.49. The standard InChI is InChI=1S/C20H25N5O2/c21-19(27)20(10-6-13-24-12-4-1-5-14-25(20)24)23-18(26)17-16-8-3-2-7-15(16)9-11-22-17/h2-3,7-9,11H,1,4-6,10,12-14H2,(H2,21,27)(H,23,26). The summed E-state index contributed by atoms with van der Waals surface area (Å²) in [5, 5.41) is 8.85. The molecule has 0 bridgehead atoms. The molecule has 142 valence electrons. The molecular weight excluding hydrogens is 342 g/mol. The smallest absolute Gasteiger partial charge is 0.272 e. The zero-order valence-electron chi connectivity index (χ0n) is 15.4. The number of nitrogens with one attached hydrogen (secondary N) is 1. The van der Waals surface area contributed by atoms with Crippen LogP contribution in [0.3, 0.4) is 0 Å². The minimum absolute atomic E-state index is 0.320. The molecule has 3 N–H and O–H groups in total. The number of hydrazine groups is 1. The second kappa shape index (κ2) is 7.25.